The minimum atomic E-state index is 0.493. The summed E-state index contributed by atoms with van der Waals surface area (Å²) in [5, 5.41) is 8.87. The van der Waals surface area contributed by atoms with Crippen LogP contribution in [-0.4, -0.2) is 19.6 Å². The van der Waals surface area contributed by atoms with Crippen LogP contribution in [0.1, 0.15) is 0 Å². The van der Waals surface area contributed by atoms with Gasteiger partial charge in [-0.2, -0.15) is 0 Å². The molecular formula is C11H6Cl2N4. The van der Waals surface area contributed by atoms with Crippen molar-refractivity contribution >= 4 is 28.8 Å². The highest BCUT2D eigenvalue weighted by Gasteiger charge is 2.11. The van der Waals surface area contributed by atoms with Gasteiger partial charge >= 0.3 is 0 Å². The number of hydrogen-bond donors (Lipinski definition) is 0. The predicted octanol–water partition coefficient (Wildman–Crippen LogP) is 3.10. The first-order chi connectivity index (χ1) is 8.27. The number of nitrogens with zero attached hydrogens (tertiary/aromatic N) is 4. The maximum atomic E-state index is 6.18. The Kier molecular flexibility index (Phi) is 2.46. The van der Waals surface area contributed by atoms with Gasteiger partial charge in [0.2, 0.25) is 0 Å². The van der Waals surface area contributed by atoms with E-state index in [1.807, 2.05) is 12.1 Å². The van der Waals surface area contributed by atoms with E-state index in [9.17, 15) is 0 Å². The van der Waals surface area contributed by atoms with Crippen LogP contribution in [0.25, 0.3) is 16.8 Å². The van der Waals surface area contributed by atoms with Gasteiger partial charge in [-0.3, -0.25) is 4.40 Å². The van der Waals surface area contributed by atoms with Crippen LogP contribution in [0.2, 0.25) is 10.0 Å². The van der Waals surface area contributed by atoms with Gasteiger partial charge in [-0.25, -0.2) is 4.98 Å². The van der Waals surface area contributed by atoms with E-state index < -0.39 is 0 Å². The van der Waals surface area contributed by atoms with Crippen molar-refractivity contribution < 1.29 is 0 Å². The Bertz CT molecular complexity index is 693. The second-order valence-electron chi connectivity index (χ2n) is 3.47. The minimum Gasteiger partial charge on any atom is -0.271 e. The van der Waals surface area contributed by atoms with Crippen LogP contribution in [0.15, 0.2) is 37.1 Å². The number of benzene rings is 1. The van der Waals surface area contributed by atoms with E-state index in [2.05, 4.69) is 15.2 Å². The third-order valence-corrected chi connectivity index (χ3v) is 3.27. The van der Waals surface area contributed by atoms with E-state index in [1.165, 1.54) is 0 Å². The molecule has 3 aromatic rings. The highest BCUT2D eigenvalue weighted by Crippen LogP contribution is 2.34. The Hall–Kier alpha value is -1.65. The van der Waals surface area contributed by atoms with Crippen molar-refractivity contribution in [3.05, 3.63) is 47.1 Å². The molecule has 2 heterocycles. The summed E-state index contributed by atoms with van der Waals surface area (Å²) in [5.41, 5.74) is 2.30. The molecule has 2 aromatic heterocycles. The standard InChI is InChI=1S/C11H6Cl2N4/c12-9-3-1-2-7(10(9)13)8-4-14-5-17-6-15-16-11(8)17/h1-6H. The van der Waals surface area contributed by atoms with Crippen molar-refractivity contribution in [3.8, 4) is 11.1 Å². The first kappa shape index (κ1) is 10.5. The molecule has 0 saturated heterocycles. The summed E-state index contributed by atoms with van der Waals surface area (Å²) >= 11 is 12.2. The first-order valence-corrected chi connectivity index (χ1v) is 5.60. The Morgan fingerprint density at radius 1 is 1.06 bits per heavy atom. The van der Waals surface area contributed by atoms with E-state index in [0.29, 0.717) is 15.7 Å². The Morgan fingerprint density at radius 3 is 2.82 bits per heavy atom. The van der Waals surface area contributed by atoms with Crippen molar-refractivity contribution in [1.82, 2.24) is 19.6 Å². The molecule has 6 heteroatoms. The molecule has 4 nitrogen and oxygen atoms in total. The van der Waals surface area contributed by atoms with Gasteiger partial charge in [-0.1, -0.05) is 35.3 Å². The average Bonchev–Trinajstić information content (AvgIpc) is 2.81. The van der Waals surface area contributed by atoms with Crippen molar-refractivity contribution in [1.29, 1.82) is 0 Å². The lowest BCUT2D eigenvalue weighted by Crippen LogP contribution is -1.90. The molecular weight excluding hydrogens is 259 g/mol. The fourth-order valence-corrected chi connectivity index (χ4v) is 2.06. The van der Waals surface area contributed by atoms with E-state index in [1.54, 1.807) is 29.3 Å². The summed E-state index contributed by atoms with van der Waals surface area (Å²) in [6.07, 6.45) is 4.92. The monoisotopic (exact) mass is 264 g/mol. The zero-order valence-electron chi connectivity index (χ0n) is 8.51. The SMILES string of the molecule is Clc1cccc(-c2cncn3cnnc23)c1Cl. The molecule has 0 amide bonds. The smallest absolute Gasteiger partial charge is 0.171 e. The number of hydrogen-bond acceptors (Lipinski definition) is 3. The van der Waals surface area contributed by atoms with Crippen molar-refractivity contribution in [2.45, 2.75) is 0 Å². The van der Waals surface area contributed by atoms with Gasteiger partial charge in [0.1, 0.15) is 12.7 Å². The third kappa shape index (κ3) is 1.66. The van der Waals surface area contributed by atoms with Gasteiger partial charge < -0.3 is 0 Å². The van der Waals surface area contributed by atoms with Gasteiger partial charge in [-0.05, 0) is 6.07 Å². The van der Waals surface area contributed by atoms with E-state index in [-0.39, 0.29) is 0 Å². The Morgan fingerprint density at radius 2 is 1.94 bits per heavy atom. The van der Waals surface area contributed by atoms with Crippen LogP contribution in [0, 0.1) is 0 Å². The predicted molar refractivity (Wildman–Crippen MR) is 66.2 cm³/mol. The Balaban J connectivity index is 2.34. The largest absolute Gasteiger partial charge is 0.271 e. The summed E-state index contributed by atoms with van der Waals surface area (Å²) in [5.74, 6) is 0. The zero-order chi connectivity index (χ0) is 11.8. The van der Waals surface area contributed by atoms with Crippen LogP contribution in [0.3, 0.4) is 0 Å². The number of halogens is 2. The van der Waals surface area contributed by atoms with Crippen LogP contribution in [-0.2, 0) is 0 Å². The maximum absolute atomic E-state index is 6.18. The summed E-state index contributed by atoms with van der Waals surface area (Å²) in [6, 6.07) is 5.45. The van der Waals surface area contributed by atoms with Crippen molar-refractivity contribution in [3.63, 3.8) is 0 Å². The first-order valence-electron chi connectivity index (χ1n) is 4.85. The highest BCUT2D eigenvalue weighted by molar-refractivity contribution is 6.43. The van der Waals surface area contributed by atoms with Gasteiger partial charge in [0, 0.05) is 17.3 Å². The number of fused-ring (bicyclic) bond motifs is 1. The molecule has 0 fully saturated rings. The third-order valence-electron chi connectivity index (χ3n) is 2.45. The van der Waals surface area contributed by atoms with Gasteiger partial charge in [0.15, 0.2) is 5.65 Å². The molecule has 17 heavy (non-hydrogen) atoms. The zero-order valence-corrected chi connectivity index (χ0v) is 10.0. The van der Waals surface area contributed by atoms with Crippen molar-refractivity contribution in [2.75, 3.05) is 0 Å². The topological polar surface area (TPSA) is 43.1 Å². The van der Waals surface area contributed by atoms with E-state index >= 15 is 0 Å². The average molecular weight is 265 g/mol. The molecule has 1 aromatic carbocycles. The van der Waals surface area contributed by atoms with Gasteiger partial charge in [0.25, 0.3) is 0 Å². The molecule has 0 radical (unpaired) electrons. The molecule has 84 valence electrons. The van der Waals surface area contributed by atoms with Crippen LogP contribution in [0.5, 0.6) is 0 Å². The summed E-state index contributed by atoms with van der Waals surface area (Å²) in [7, 11) is 0. The van der Waals surface area contributed by atoms with Gasteiger partial charge in [-0.15, -0.1) is 10.2 Å². The summed E-state index contributed by atoms with van der Waals surface area (Å²) < 4.78 is 1.73. The van der Waals surface area contributed by atoms with E-state index in [4.69, 9.17) is 23.2 Å². The quantitative estimate of drug-likeness (QED) is 0.679. The van der Waals surface area contributed by atoms with Crippen LogP contribution < -0.4 is 0 Å². The molecule has 0 aliphatic heterocycles. The lowest BCUT2D eigenvalue weighted by Gasteiger charge is -2.06. The van der Waals surface area contributed by atoms with E-state index in [0.717, 1.165) is 11.1 Å². The molecule has 0 unspecified atom stereocenters. The van der Waals surface area contributed by atoms with Gasteiger partial charge in [0.05, 0.1) is 10.0 Å². The normalized spacial score (nSPS) is 10.9. The molecule has 0 aliphatic rings. The fraction of sp³-hybridized carbons (Fsp3) is 0. The molecule has 0 bridgehead atoms. The maximum Gasteiger partial charge on any atom is 0.171 e. The highest BCUT2D eigenvalue weighted by atomic mass is 35.5. The number of aromatic nitrogens is 4. The molecule has 0 atom stereocenters. The molecule has 3 rings (SSSR count). The number of rotatable bonds is 1. The fourth-order valence-electron chi connectivity index (χ4n) is 1.66. The molecule has 0 spiro atoms. The molecule has 0 saturated carbocycles. The van der Waals surface area contributed by atoms with Crippen molar-refractivity contribution in [2.24, 2.45) is 0 Å². The summed E-state index contributed by atoms with van der Waals surface area (Å²) in [4.78, 5) is 4.11. The molecule has 0 aliphatic carbocycles. The van der Waals surface area contributed by atoms with Crippen LogP contribution in [0.4, 0.5) is 0 Å². The summed E-state index contributed by atoms with van der Waals surface area (Å²) in [6.45, 7) is 0. The second kappa shape index (κ2) is 3.98. The minimum absolute atomic E-state index is 0.493. The second-order valence-corrected chi connectivity index (χ2v) is 4.26. The Labute approximate surface area is 107 Å². The lowest BCUT2D eigenvalue weighted by atomic mass is 10.1. The van der Waals surface area contributed by atoms with Crippen LogP contribution >= 0.6 is 23.2 Å². The molecule has 0 N–H and O–H groups in total. The lowest BCUT2D eigenvalue weighted by molar-refractivity contribution is 1.07.